The molecule has 1 aliphatic heterocycles. The molecule has 1 fully saturated rings. The predicted octanol–water partition coefficient (Wildman–Crippen LogP) is 3.46. The fourth-order valence-electron chi connectivity index (χ4n) is 4.86. The molecule has 2 aromatic heterocycles. The molecular weight excluding hydrogens is 720 g/mol. The Kier molecular flexibility index (Phi) is 17.1. The second-order valence-electron chi connectivity index (χ2n) is 11.2. The van der Waals surface area contributed by atoms with Crippen molar-refractivity contribution in [2.75, 3.05) is 37.1 Å². The molecule has 1 amide bonds. The molecule has 3 aromatic rings. The van der Waals surface area contributed by atoms with E-state index in [2.05, 4.69) is 30.4 Å². The maximum Gasteiger partial charge on any atom is 0.328 e. The van der Waals surface area contributed by atoms with Gasteiger partial charge in [0.2, 0.25) is 5.95 Å². The smallest absolute Gasteiger partial charge is 0.328 e. The van der Waals surface area contributed by atoms with Crippen LogP contribution in [-0.2, 0) is 37.0 Å². The molecule has 1 aromatic carbocycles. The number of amides is 1. The molecule has 20 heteroatoms. The van der Waals surface area contributed by atoms with E-state index in [9.17, 15) is 29.3 Å². The summed E-state index contributed by atoms with van der Waals surface area (Å²) in [5.41, 5.74) is 1.08. The van der Waals surface area contributed by atoms with Crippen LogP contribution in [0.1, 0.15) is 60.3 Å². The number of unbranched alkanes of at least 4 members (excludes halogenated alkanes) is 2. The maximum absolute atomic E-state index is 13.2. The van der Waals surface area contributed by atoms with Crippen molar-refractivity contribution in [1.29, 1.82) is 0 Å². The van der Waals surface area contributed by atoms with E-state index < -0.39 is 22.9 Å². The van der Waals surface area contributed by atoms with Crippen LogP contribution >= 0.6 is 11.6 Å². The highest BCUT2D eigenvalue weighted by atomic mass is 35.5. The number of nitrogens with one attached hydrogen (secondary N) is 2. The highest BCUT2D eigenvalue weighted by molar-refractivity contribution is 6.32. The zero-order valence-electron chi connectivity index (χ0n) is 28.7. The Morgan fingerprint density at radius 3 is 2.47 bits per heavy atom. The second-order valence-corrected chi connectivity index (χ2v) is 11.6. The Morgan fingerprint density at radius 2 is 1.81 bits per heavy atom. The Hall–Kier alpha value is -6.11. The van der Waals surface area contributed by atoms with Gasteiger partial charge >= 0.3 is 17.9 Å². The number of anilines is 2. The number of aliphatic carboxylic acids is 2. The van der Waals surface area contributed by atoms with Gasteiger partial charge in [-0.3, -0.25) is 9.59 Å². The van der Waals surface area contributed by atoms with Crippen LogP contribution in [0.25, 0.3) is 0 Å². The van der Waals surface area contributed by atoms with Crippen molar-refractivity contribution in [3.05, 3.63) is 87.1 Å². The van der Waals surface area contributed by atoms with Gasteiger partial charge in [-0.15, -0.1) is 10.1 Å². The van der Waals surface area contributed by atoms with Gasteiger partial charge in [0.25, 0.3) is 11.0 Å². The van der Waals surface area contributed by atoms with E-state index in [4.69, 9.17) is 36.3 Å². The molecule has 1 saturated heterocycles. The number of ether oxygens (including phenoxy) is 2. The number of carbonyl (C=O) groups is 4. The predicted molar refractivity (Wildman–Crippen MR) is 188 cm³/mol. The van der Waals surface area contributed by atoms with Crippen LogP contribution in [0, 0.1) is 10.1 Å². The highest BCUT2D eigenvalue weighted by Gasteiger charge is 2.29. The van der Waals surface area contributed by atoms with E-state index in [-0.39, 0.29) is 43.8 Å². The summed E-state index contributed by atoms with van der Waals surface area (Å²) in [5, 5.41) is 31.5. The summed E-state index contributed by atoms with van der Waals surface area (Å²) >= 11 is 6.31. The van der Waals surface area contributed by atoms with Gasteiger partial charge < -0.3 is 40.1 Å². The zero-order chi connectivity index (χ0) is 38.6. The standard InChI is InChI=1S/C29H35ClN8O7.C4H4O4/c1-43-24-10-9-20(15-23(24)30)16-33-27-22(28(40)34-18-25-31-11-6-12-32-25)17-35-29(36-27)37-13-5-7-21(37)19-44-26(39)8-3-2-4-14-45-38(41)42;5-3(6)1-2-4(7)8/h6,9-12,15,17,21H,2-5,7-8,13-14,16,18-19H2,1H3,(H,34,40)(H,33,35,36);1-2H,(H,5,6)(H,7,8)/b;2-1-. The van der Waals surface area contributed by atoms with E-state index in [1.165, 1.54) is 6.20 Å². The van der Waals surface area contributed by atoms with Gasteiger partial charge in [0.05, 0.1) is 31.3 Å². The topological polar surface area (TPSA) is 258 Å². The van der Waals surface area contributed by atoms with Gasteiger partial charge in [0, 0.05) is 50.3 Å². The summed E-state index contributed by atoms with van der Waals surface area (Å²) in [6.07, 6.45) is 9.27. The van der Waals surface area contributed by atoms with Gasteiger partial charge in [0.1, 0.15) is 29.6 Å². The van der Waals surface area contributed by atoms with Gasteiger partial charge in [0.15, 0.2) is 0 Å². The van der Waals surface area contributed by atoms with Gasteiger partial charge in [-0.1, -0.05) is 24.1 Å². The molecule has 19 nitrogen and oxygen atoms in total. The van der Waals surface area contributed by atoms with Crippen LogP contribution in [0.15, 0.2) is 55.0 Å². The number of carbonyl (C=O) groups excluding carboxylic acids is 2. The van der Waals surface area contributed by atoms with Crippen molar-refractivity contribution in [3.63, 3.8) is 0 Å². The van der Waals surface area contributed by atoms with E-state index in [0.717, 1.165) is 18.4 Å². The minimum atomic E-state index is -1.26. The monoisotopic (exact) mass is 758 g/mol. The lowest BCUT2D eigenvalue weighted by Crippen LogP contribution is -2.35. The van der Waals surface area contributed by atoms with Crippen molar-refractivity contribution in [2.45, 2.75) is 57.7 Å². The molecule has 0 bridgehead atoms. The number of esters is 1. The lowest BCUT2D eigenvalue weighted by molar-refractivity contribution is -0.757. The summed E-state index contributed by atoms with van der Waals surface area (Å²) in [6.45, 7) is 1.27. The molecule has 4 N–H and O–H groups in total. The first-order valence-electron chi connectivity index (χ1n) is 16.3. The van der Waals surface area contributed by atoms with Crippen molar-refractivity contribution in [2.24, 2.45) is 0 Å². The Labute approximate surface area is 308 Å². The van der Waals surface area contributed by atoms with Gasteiger partial charge in [-0.05, 0) is 49.4 Å². The Bertz CT molecular complexity index is 1720. The number of aromatic nitrogens is 4. The first kappa shape index (κ1) is 41.3. The molecule has 3 heterocycles. The molecule has 4 rings (SSSR count). The first-order valence-corrected chi connectivity index (χ1v) is 16.7. The van der Waals surface area contributed by atoms with Gasteiger partial charge in [-0.25, -0.2) is 24.5 Å². The summed E-state index contributed by atoms with van der Waals surface area (Å²) in [7, 11) is 1.54. The van der Waals surface area contributed by atoms with E-state index in [1.54, 1.807) is 37.7 Å². The highest BCUT2D eigenvalue weighted by Crippen LogP contribution is 2.27. The van der Waals surface area contributed by atoms with E-state index in [0.29, 0.717) is 72.9 Å². The number of nitrogens with zero attached hydrogens (tertiary/aromatic N) is 6. The number of carboxylic acid groups (broad SMARTS) is 2. The zero-order valence-corrected chi connectivity index (χ0v) is 29.4. The molecule has 0 aliphatic carbocycles. The Morgan fingerprint density at radius 1 is 1.08 bits per heavy atom. The third kappa shape index (κ3) is 15.0. The molecule has 1 unspecified atom stereocenters. The van der Waals surface area contributed by atoms with Crippen LogP contribution in [0.2, 0.25) is 5.02 Å². The van der Waals surface area contributed by atoms with Crippen LogP contribution in [-0.4, -0.2) is 92.0 Å². The van der Waals surface area contributed by atoms with Gasteiger partial charge in [-0.2, -0.15) is 4.98 Å². The molecule has 1 atom stereocenters. The van der Waals surface area contributed by atoms with Crippen molar-refractivity contribution in [1.82, 2.24) is 25.3 Å². The second kappa shape index (κ2) is 22.0. The SMILES string of the molecule is COc1ccc(CNc2nc(N3CCCC3COC(=O)CCCCCO[N+](=O)[O-])ncc2C(=O)NCc2ncccn2)cc1Cl.O=C(O)/C=C\C(=O)O. The largest absolute Gasteiger partial charge is 0.495 e. The first-order chi connectivity index (χ1) is 25.5. The molecule has 0 saturated carbocycles. The van der Waals surface area contributed by atoms with Crippen molar-refractivity contribution in [3.8, 4) is 5.75 Å². The van der Waals surface area contributed by atoms with Crippen molar-refractivity contribution < 1.29 is 48.8 Å². The van der Waals surface area contributed by atoms with E-state index in [1.807, 2.05) is 11.0 Å². The molecule has 284 valence electrons. The third-order valence-corrected chi connectivity index (χ3v) is 7.68. The average Bonchev–Trinajstić information content (AvgIpc) is 3.62. The molecule has 1 aliphatic rings. The molecule has 0 spiro atoms. The summed E-state index contributed by atoms with van der Waals surface area (Å²) < 4.78 is 10.8. The summed E-state index contributed by atoms with van der Waals surface area (Å²) in [6, 6.07) is 6.95. The summed E-state index contributed by atoms with van der Waals surface area (Å²) in [4.78, 5) is 78.6. The number of rotatable bonds is 19. The number of methoxy groups -OCH3 is 1. The van der Waals surface area contributed by atoms with E-state index >= 15 is 0 Å². The molecule has 53 heavy (non-hydrogen) atoms. The lowest BCUT2D eigenvalue weighted by Gasteiger charge is -2.25. The number of carboxylic acids is 2. The van der Waals surface area contributed by atoms with Crippen LogP contribution in [0.5, 0.6) is 5.75 Å². The number of benzene rings is 1. The minimum Gasteiger partial charge on any atom is -0.495 e. The maximum atomic E-state index is 13.2. The van der Waals surface area contributed by atoms with Crippen LogP contribution in [0.4, 0.5) is 11.8 Å². The fourth-order valence-corrected chi connectivity index (χ4v) is 5.14. The third-order valence-electron chi connectivity index (χ3n) is 7.38. The van der Waals surface area contributed by atoms with Crippen molar-refractivity contribution >= 4 is 47.2 Å². The van der Waals surface area contributed by atoms with Crippen LogP contribution < -0.4 is 20.3 Å². The molecular formula is C33H39ClN8O11. The Balaban J connectivity index is 0.000000846. The summed E-state index contributed by atoms with van der Waals surface area (Å²) in [5.74, 6) is -1.52. The normalized spacial score (nSPS) is 13.4. The molecule has 0 radical (unpaired) electrons. The van der Waals surface area contributed by atoms with Crippen LogP contribution in [0.3, 0.4) is 0 Å². The average molecular weight is 759 g/mol. The number of hydrogen-bond acceptors (Lipinski definition) is 15. The minimum absolute atomic E-state index is 0.00562. The lowest BCUT2D eigenvalue weighted by atomic mass is 10.2. The fraction of sp³-hybridized carbons (Fsp3) is 0.394. The number of halogens is 1. The number of hydrogen-bond donors (Lipinski definition) is 4. The quantitative estimate of drug-likeness (QED) is 0.0448.